The van der Waals surface area contributed by atoms with E-state index in [-0.39, 0.29) is 5.97 Å². The molecule has 0 spiro atoms. The Bertz CT molecular complexity index is 361. The van der Waals surface area contributed by atoms with Crippen molar-refractivity contribution in [1.29, 1.82) is 0 Å². The van der Waals surface area contributed by atoms with Gasteiger partial charge in [0.25, 0.3) is 0 Å². The van der Waals surface area contributed by atoms with Crippen molar-refractivity contribution in [2.24, 2.45) is 0 Å². The molecule has 1 aromatic rings. The summed E-state index contributed by atoms with van der Waals surface area (Å²) in [6.07, 6.45) is 5.76. The van der Waals surface area contributed by atoms with Gasteiger partial charge in [0.15, 0.2) is 0 Å². The molecule has 1 aromatic carbocycles. The maximum absolute atomic E-state index is 11.7. The van der Waals surface area contributed by atoms with Crippen molar-refractivity contribution in [3.8, 4) is 5.75 Å². The molecule has 18 heavy (non-hydrogen) atoms. The number of unbranched alkanes of at least 4 members (excludes halogenated alkanes) is 4. The Labute approximate surface area is 109 Å². The van der Waals surface area contributed by atoms with Crippen LogP contribution in [0.15, 0.2) is 24.3 Å². The third kappa shape index (κ3) is 5.21. The van der Waals surface area contributed by atoms with Crippen molar-refractivity contribution in [3.05, 3.63) is 29.8 Å². The van der Waals surface area contributed by atoms with E-state index < -0.39 is 0 Å². The van der Waals surface area contributed by atoms with Gasteiger partial charge >= 0.3 is 5.97 Å². The highest BCUT2D eigenvalue weighted by Gasteiger charge is 2.07. The smallest absolute Gasteiger partial charge is 0.338 e. The van der Waals surface area contributed by atoms with E-state index in [1.54, 1.807) is 25.3 Å². The second kappa shape index (κ2) is 8.56. The molecule has 1 rings (SSSR count). The first-order chi connectivity index (χ1) is 8.77. The summed E-state index contributed by atoms with van der Waals surface area (Å²) in [5.41, 5.74) is 0.544. The van der Waals surface area contributed by atoms with Crippen molar-refractivity contribution < 1.29 is 14.3 Å². The highest BCUT2D eigenvalue weighted by Crippen LogP contribution is 2.13. The number of methoxy groups -OCH3 is 1. The largest absolute Gasteiger partial charge is 0.497 e. The van der Waals surface area contributed by atoms with E-state index in [2.05, 4.69) is 6.92 Å². The molecule has 0 radical (unpaired) electrons. The topological polar surface area (TPSA) is 35.5 Å². The Balaban J connectivity index is 2.27. The molecular formula is C15H22O3. The van der Waals surface area contributed by atoms with Crippen molar-refractivity contribution in [3.63, 3.8) is 0 Å². The average molecular weight is 250 g/mol. The van der Waals surface area contributed by atoms with Gasteiger partial charge in [-0.25, -0.2) is 4.79 Å². The third-order valence-electron chi connectivity index (χ3n) is 2.79. The summed E-state index contributed by atoms with van der Waals surface area (Å²) in [6.45, 7) is 2.68. The number of ether oxygens (including phenoxy) is 2. The number of benzene rings is 1. The maximum atomic E-state index is 11.7. The molecule has 0 aromatic heterocycles. The van der Waals surface area contributed by atoms with Crippen LogP contribution < -0.4 is 4.74 Å². The summed E-state index contributed by atoms with van der Waals surface area (Å²) in [5.74, 6) is 0.400. The van der Waals surface area contributed by atoms with Crippen LogP contribution in [0.2, 0.25) is 0 Å². The first kappa shape index (κ1) is 14.6. The lowest BCUT2D eigenvalue weighted by Crippen LogP contribution is -2.06. The van der Waals surface area contributed by atoms with Gasteiger partial charge in [0.1, 0.15) is 5.75 Å². The van der Waals surface area contributed by atoms with E-state index >= 15 is 0 Å². The number of esters is 1. The van der Waals surface area contributed by atoms with Gasteiger partial charge in [0.2, 0.25) is 0 Å². The monoisotopic (exact) mass is 250 g/mol. The van der Waals surface area contributed by atoms with E-state index in [0.717, 1.165) is 12.8 Å². The summed E-state index contributed by atoms with van der Waals surface area (Å²) in [6, 6.07) is 7.03. The van der Waals surface area contributed by atoms with Crippen LogP contribution in [0.1, 0.15) is 49.4 Å². The normalized spacial score (nSPS) is 10.1. The van der Waals surface area contributed by atoms with E-state index in [1.165, 1.54) is 19.3 Å². The van der Waals surface area contributed by atoms with Gasteiger partial charge in [-0.2, -0.15) is 0 Å². The number of hydrogen-bond donors (Lipinski definition) is 0. The zero-order valence-electron chi connectivity index (χ0n) is 11.3. The van der Waals surface area contributed by atoms with Crippen molar-refractivity contribution in [1.82, 2.24) is 0 Å². The number of rotatable bonds is 8. The number of hydrogen-bond acceptors (Lipinski definition) is 3. The van der Waals surface area contributed by atoms with Gasteiger partial charge < -0.3 is 9.47 Å². The van der Waals surface area contributed by atoms with Crippen LogP contribution in [0.4, 0.5) is 0 Å². The lowest BCUT2D eigenvalue weighted by molar-refractivity contribution is 0.0497. The fourth-order valence-corrected chi connectivity index (χ4v) is 1.70. The lowest BCUT2D eigenvalue weighted by Gasteiger charge is -2.06. The summed E-state index contributed by atoms with van der Waals surface area (Å²) < 4.78 is 10.3. The summed E-state index contributed by atoms with van der Waals surface area (Å²) in [4.78, 5) is 11.7. The van der Waals surface area contributed by atoms with E-state index in [1.807, 2.05) is 6.07 Å². The SMILES string of the molecule is CCCCCCCOC(=O)c1cccc(OC)c1. The molecule has 0 atom stereocenters. The molecule has 0 N–H and O–H groups in total. The minimum Gasteiger partial charge on any atom is -0.497 e. The van der Waals surface area contributed by atoms with Crippen LogP contribution in [0, 0.1) is 0 Å². The molecule has 0 saturated carbocycles. The molecule has 0 unspecified atom stereocenters. The van der Waals surface area contributed by atoms with Gasteiger partial charge in [-0.3, -0.25) is 0 Å². The quantitative estimate of drug-likeness (QED) is 0.519. The molecule has 0 amide bonds. The molecule has 0 aliphatic carbocycles. The molecule has 0 aliphatic heterocycles. The maximum Gasteiger partial charge on any atom is 0.338 e. The van der Waals surface area contributed by atoms with Gasteiger partial charge in [-0.05, 0) is 24.6 Å². The van der Waals surface area contributed by atoms with Crippen LogP contribution in [0.25, 0.3) is 0 Å². The zero-order chi connectivity index (χ0) is 13.2. The highest BCUT2D eigenvalue weighted by atomic mass is 16.5. The average Bonchev–Trinajstić information content (AvgIpc) is 2.42. The molecular weight excluding hydrogens is 228 g/mol. The highest BCUT2D eigenvalue weighted by molar-refractivity contribution is 5.89. The summed E-state index contributed by atoms with van der Waals surface area (Å²) in [7, 11) is 1.58. The van der Waals surface area contributed by atoms with Crippen LogP contribution in [-0.2, 0) is 4.74 Å². The van der Waals surface area contributed by atoms with E-state index in [0.29, 0.717) is 17.9 Å². The molecule has 0 aliphatic rings. The molecule has 3 nitrogen and oxygen atoms in total. The summed E-state index contributed by atoms with van der Waals surface area (Å²) in [5, 5.41) is 0. The van der Waals surface area contributed by atoms with Crippen LogP contribution in [-0.4, -0.2) is 19.7 Å². The Morgan fingerprint density at radius 1 is 1.17 bits per heavy atom. The Kier molecular flexibility index (Phi) is 6.92. The molecule has 0 saturated heterocycles. The van der Waals surface area contributed by atoms with E-state index in [9.17, 15) is 4.79 Å². The lowest BCUT2D eigenvalue weighted by atomic mass is 10.2. The summed E-state index contributed by atoms with van der Waals surface area (Å²) >= 11 is 0. The van der Waals surface area contributed by atoms with Gasteiger partial charge in [0.05, 0.1) is 19.3 Å². The molecule has 0 bridgehead atoms. The molecule has 0 fully saturated rings. The number of carbonyl (C=O) groups excluding carboxylic acids is 1. The molecule has 100 valence electrons. The second-order valence-electron chi connectivity index (χ2n) is 4.28. The zero-order valence-corrected chi connectivity index (χ0v) is 11.3. The van der Waals surface area contributed by atoms with Crippen LogP contribution in [0.5, 0.6) is 5.75 Å². The van der Waals surface area contributed by atoms with Crippen LogP contribution in [0.3, 0.4) is 0 Å². The standard InChI is InChI=1S/C15H22O3/c1-3-4-5-6-7-11-18-15(16)13-9-8-10-14(12-13)17-2/h8-10,12H,3-7,11H2,1-2H3. The van der Waals surface area contributed by atoms with E-state index in [4.69, 9.17) is 9.47 Å². The first-order valence-corrected chi connectivity index (χ1v) is 6.59. The Hall–Kier alpha value is -1.51. The Morgan fingerprint density at radius 2 is 1.94 bits per heavy atom. The number of carbonyl (C=O) groups is 1. The van der Waals surface area contributed by atoms with Crippen LogP contribution >= 0.6 is 0 Å². The fraction of sp³-hybridized carbons (Fsp3) is 0.533. The molecule has 3 heteroatoms. The predicted molar refractivity (Wildman–Crippen MR) is 72.0 cm³/mol. The first-order valence-electron chi connectivity index (χ1n) is 6.59. The van der Waals surface area contributed by atoms with Crippen molar-refractivity contribution in [2.75, 3.05) is 13.7 Å². The minimum atomic E-state index is -0.274. The van der Waals surface area contributed by atoms with Gasteiger partial charge in [-0.15, -0.1) is 0 Å². The van der Waals surface area contributed by atoms with Gasteiger partial charge in [0, 0.05) is 0 Å². The third-order valence-corrected chi connectivity index (χ3v) is 2.79. The van der Waals surface area contributed by atoms with Gasteiger partial charge in [-0.1, -0.05) is 38.7 Å². The minimum absolute atomic E-state index is 0.274. The van der Waals surface area contributed by atoms with Crippen molar-refractivity contribution in [2.45, 2.75) is 39.0 Å². The Morgan fingerprint density at radius 3 is 2.67 bits per heavy atom. The second-order valence-corrected chi connectivity index (χ2v) is 4.28. The predicted octanol–water partition coefficient (Wildman–Crippen LogP) is 3.82. The fourth-order valence-electron chi connectivity index (χ4n) is 1.70. The van der Waals surface area contributed by atoms with Crippen molar-refractivity contribution >= 4 is 5.97 Å². The molecule has 0 heterocycles.